The summed E-state index contributed by atoms with van der Waals surface area (Å²) < 4.78 is 26.3. The highest BCUT2D eigenvalue weighted by molar-refractivity contribution is 7.89. The summed E-state index contributed by atoms with van der Waals surface area (Å²) in [5.74, 6) is 0.246. The van der Waals surface area contributed by atoms with Gasteiger partial charge in [0.1, 0.15) is 0 Å². The van der Waals surface area contributed by atoms with Crippen LogP contribution in [-0.4, -0.2) is 38.1 Å². The van der Waals surface area contributed by atoms with Crippen molar-refractivity contribution >= 4 is 21.4 Å². The lowest BCUT2D eigenvalue weighted by molar-refractivity contribution is 0.400. The first kappa shape index (κ1) is 14.0. The van der Waals surface area contributed by atoms with Gasteiger partial charge in [0.15, 0.2) is 0 Å². The van der Waals surface area contributed by atoms with Crippen LogP contribution >= 0.6 is 11.3 Å². The van der Waals surface area contributed by atoms with Crippen LogP contribution in [0.5, 0.6) is 0 Å². The molecule has 102 valence electrons. The molecule has 1 aromatic rings. The van der Waals surface area contributed by atoms with Gasteiger partial charge in [0.25, 0.3) is 0 Å². The lowest BCUT2D eigenvalue weighted by Crippen LogP contribution is -2.35. The molecule has 1 saturated carbocycles. The summed E-state index contributed by atoms with van der Waals surface area (Å²) in [5.41, 5.74) is 0. The molecule has 6 heteroatoms. The van der Waals surface area contributed by atoms with E-state index < -0.39 is 10.0 Å². The predicted molar refractivity (Wildman–Crippen MR) is 75.2 cm³/mol. The minimum atomic E-state index is -3.11. The Bertz CT molecular complexity index is 452. The van der Waals surface area contributed by atoms with Crippen LogP contribution in [0.2, 0.25) is 0 Å². The molecule has 0 atom stereocenters. The van der Waals surface area contributed by atoms with Gasteiger partial charge in [0, 0.05) is 17.5 Å². The number of nitrogens with one attached hydrogen (secondary N) is 1. The van der Waals surface area contributed by atoms with E-state index in [9.17, 15) is 8.42 Å². The molecular formula is C12H20N2O2S2. The van der Waals surface area contributed by atoms with Gasteiger partial charge in [-0.1, -0.05) is 6.07 Å². The Balaban J connectivity index is 2.00. The lowest BCUT2D eigenvalue weighted by Gasteiger charge is -2.21. The van der Waals surface area contributed by atoms with Gasteiger partial charge in [-0.25, -0.2) is 8.42 Å². The molecule has 1 heterocycles. The van der Waals surface area contributed by atoms with Crippen LogP contribution in [0, 0.1) is 0 Å². The molecule has 1 fully saturated rings. The molecule has 0 radical (unpaired) electrons. The zero-order chi connectivity index (χ0) is 13.0. The maximum Gasteiger partial charge on any atom is 0.214 e. The summed E-state index contributed by atoms with van der Waals surface area (Å²) in [6.07, 6.45) is 2.69. The van der Waals surface area contributed by atoms with Gasteiger partial charge < -0.3 is 5.32 Å². The summed E-state index contributed by atoms with van der Waals surface area (Å²) >= 11 is 1.62. The summed E-state index contributed by atoms with van der Waals surface area (Å²) in [6.45, 7) is 1.29. The van der Waals surface area contributed by atoms with E-state index >= 15 is 0 Å². The van der Waals surface area contributed by atoms with Gasteiger partial charge in [0.2, 0.25) is 10.0 Å². The molecule has 0 unspecified atom stereocenters. The normalized spacial score (nSPS) is 16.3. The van der Waals surface area contributed by atoms with Gasteiger partial charge >= 0.3 is 0 Å². The van der Waals surface area contributed by atoms with Crippen molar-refractivity contribution in [2.45, 2.75) is 31.8 Å². The van der Waals surface area contributed by atoms with Gasteiger partial charge in [-0.05, 0) is 44.3 Å². The molecule has 1 aliphatic rings. The monoisotopic (exact) mass is 288 g/mol. The molecule has 0 aromatic carbocycles. The van der Waals surface area contributed by atoms with E-state index in [0.29, 0.717) is 13.0 Å². The van der Waals surface area contributed by atoms with Gasteiger partial charge in [0.05, 0.1) is 5.75 Å². The smallest absolute Gasteiger partial charge is 0.214 e. The number of hydrogen-bond donors (Lipinski definition) is 1. The first-order chi connectivity index (χ1) is 8.63. The minimum Gasteiger partial charge on any atom is -0.320 e. The van der Waals surface area contributed by atoms with Crippen LogP contribution in [0.25, 0.3) is 0 Å². The number of hydrogen-bond acceptors (Lipinski definition) is 4. The molecule has 18 heavy (non-hydrogen) atoms. The van der Waals surface area contributed by atoms with E-state index in [1.165, 1.54) is 0 Å². The van der Waals surface area contributed by atoms with Crippen LogP contribution in [0.15, 0.2) is 17.5 Å². The third-order valence-electron chi connectivity index (χ3n) is 3.03. The van der Waals surface area contributed by atoms with Gasteiger partial charge in [-0.3, -0.25) is 0 Å². The summed E-state index contributed by atoms with van der Waals surface area (Å²) in [6, 6.07) is 4.22. The average molecular weight is 288 g/mol. The molecule has 1 aromatic heterocycles. The Morgan fingerprint density at radius 2 is 2.28 bits per heavy atom. The third kappa shape index (κ3) is 3.78. The Kier molecular flexibility index (Phi) is 4.77. The maximum atomic E-state index is 12.3. The van der Waals surface area contributed by atoms with Crippen LogP contribution in [-0.2, 0) is 16.6 Å². The molecule has 4 nitrogen and oxygen atoms in total. The molecule has 0 amide bonds. The fourth-order valence-electron chi connectivity index (χ4n) is 1.92. The molecular weight excluding hydrogens is 268 g/mol. The standard InChI is InChI=1S/C12H20N2O2S2/c1-13-7-3-9-18(15,16)14(11-5-6-11)10-12-4-2-8-17-12/h2,4,8,11,13H,3,5-7,9-10H2,1H3. The fraction of sp³-hybridized carbons (Fsp3) is 0.667. The Morgan fingerprint density at radius 3 is 2.83 bits per heavy atom. The van der Waals surface area contributed by atoms with E-state index in [1.807, 2.05) is 24.6 Å². The van der Waals surface area contributed by atoms with Crippen molar-refractivity contribution in [2.75, 3.05) is 19.3 Å². The topological polar surface area (TPSA) is 49.4 Å². The highest BCUT2D eigenvalue weighted by Gasteiger charge is 2.36. The second kappa shape index (κ2) is 6.14. The molecule has 0 spiro atoms. The Labute approximate surface area is 113 Å². The largest absolute Gasteiger partial charge is 0.320 e. The van der Waals surface area contributed by atoms with E-state index in [4.69, 9.17) is 0 Å². The van der Waals surface area contributed by atoms with Crippen molar-refractivity contribution in [1.82, 2.24) is 9.62 Å². The quantitative estimate of drug-likeness (QED) is 0.740. The average Bonchev–Trinajstić information content (AvgIpc) is 3.03. The first-order valence-corrected chi connectivity index (χ1v) is 8.79. The Morgan fingerprint density at radius 1 is 1.50 bits per heavy atom. The lowest BCUT2D eigenvalue weighted by atomic mass is 10.4. The van der Waals surface area contributed by atoms with Crippen LogP contribution < -0.4 is 5.32 Å². The SMILES string of the molecule is CNCCCS(=O)(=O)N(Cc1cccs1)C1CC1. The van der Waals surface area contributed by atoms with Crippen molar-refractivity contribution < 1.29 is 8.42 Å². The van der Waals surface area contributed by atoms with Crippen molar-refractivity contribution in [3.63, 3.8) is 0 Å². The van der Waals surface area contributed by atoms with E-state index in [1.54, 1.807) is 15.6 Å². The van der Waals surface area contributed by atoms with Crippen molar-refractivity contribution in [1.29, 1.82) is 0 Å². The maximum absolute atomic E-state index is 12.3. The number of rotatable bonds is 8. The minimum absolute atomic E-state index is 0.242. The number of sulfonamides is 1. The molecule has 0 bridgehead atoms. The first-order valence-electron chi connectivity index (χ1n) is 6.30. The van der Waals surface area contributed by atoms with Crippen molar-refractivity contribution in [3.05, 3.63) is 22.4 Å². The van der Waals surface area contributed by atoms with E-state index in [-0.39, 0.29) is 11.8 Å². The molecule has 0 saturated heterocycles. The zero-order valence-corrected chi connectivity index (χ0v) is 12.3. The predicted octanol–water partition coefficient (Wildman–Crippen LogP) is 1.65. The van der Waals surface area contributed by atoms with Crippen LogP contribution in [0.1, 0.15) is 24.1 Å². The number of nitrogens with zero attached hydrogens (tertiary/aromatic N) is 1. The second-order valence-electron chi connectivity index (χ2n) is 4.63. The van der Waals surface area contributed by atoms with Crippen LogP contribution in [0.3, 0.4) is 0 Å². The Hall–Kier alpha value is -0.430. The summed E-state index contributed by atoms with van der Waals surface area (Å²) in [5, 5.41) is 4.98. The highest BCUT2D eigenvalue weighted by atomic mass is 32.2. The van der Waals surface area contributed by atoms with E-state index in [2.05, 4.69) is 5.32 Å². The number of thiophene rings is 1. The van der Waals surface area contributed by atoms with Crippen molar-refractivity contribution in [2.24, 2.45) is 0 Å². The van der Waals surface area contributed by atoms with E-state index in [0.717, 1.165) is 24.3 Å². The highest BCUT2D eigenvalue weighted by Crippen LogP contribution is 2.31. The summed E-state index contributed by atoms with van der Waals surface area (Å²) in [7, 11) is -1.26. The van der Waals surface area contributed by atoms with Gasteiger partial charge in [-0.15, -0.1) is 11.3 Å². The van der Waals surface area contributed by atoms with Crippen molar-refractivity contribution in [3.8, 4) is 0 Å². The second-order valence-corrected chi connectivity index (χ2v) is 7.70. The third-order valence-corrected chi connectivity index (χ3v) is 5.84. The summed E-state index contributed by atoms with van der Waals surface area (Å²) in [4.78, 5) is 1.12. The molecule has 1 aliphatic carbocycles. The fourth-order valence-corrected chi connectivity index (χ4v) is 4.45. The van der Waals surface area contributed by atoms with Gasteiger partial charge in [-0.2, -0.15) is 4.31 Å². The zero-order valence-electron chi connectivity index (χ0n) is 10.6. The van der Waals surface area contributed by atoms with Crippen LogP contribution in [0.4, 0.5) is 0 Å². The molecule has 1 N–H and O–H groups in total. The molecule has 0 aliphatic heterocycles. The molecule has 2 rings (SSSR count).